The van der Waals surface area contributed by atoms with Crippen LogP contribution in [0.15, 0.2) is 12.2 Å². The lowest BCUT2D eigenvalue weighted by Gasteiger charge is -2.28. The highest BCUT2D eigenvalue weighted by atomic mass is 16.6. The molecule has 1 atom stereocenters. The number of likely N-dealkylation sites (N-methyl/N-ethyl adjacent to an activating group) is 1. The van der Waals surface area contributed by atoms with Gasteiger partial charge in [-0.3, -0.25) is 0 Å². The average molecular weight is 327 g/mol. The summed E-state index contributed by atoms with van der Waals surface area (Å²) in [5.41, 5.74) is -0.458. The first-order chi connectivity index (χ1) is 10.8. The first kappa shape index (κ1) is 19.9. The molecule has 0 aromatic rings. The molecule has 0 saturated heterocycles. The second-order valence-corrected chi connectivity index (χ2v) is 7.12. The van der Waals surface area contributed by atoms with Crippen molar-refractivity contribution in [2.75, 3.05) is 53.5 Å². The largest absolute Gasteiger partial charge is 0.444 e. The van der Waals surface area contributed by atoms with E-state index in [9.17, 15) is 4.79 Å². The summed E-state index contributed by atoms with van der Waals surface area (Å²) in [5, 5.41) is 3.42. The van der Waals surface area contributed by atoms with Gasteiger partial charge in [0.15, 0.2) is 0 Å². The maximum atomic E-state index is 12.2. The topological polar surface area (TPSA) is 54.0 Å². The Bertz CT molecular complexity index is 378. The van der Waals surface area contributed by atoms with E-state index in [0.717, 1.165) is 26.1 Å². The number of nitrogens with one attached hydrogen (secondary N) is 1. The minimum Gasteiger partial charge on any atom is -0.444 e. The number of nitrogens with zero attached hydrogens (tertiary/aromatic N) is 2. The second-order valence-electron chi connectivity index (χ2n) is 7.12. The van der Waals surface area contributed by atoms with Crippen LogP contribution in [0.2, 0.25) is 0 Å². The molecule has 0 bridgehead atoms. The molecule has 0 radical (unpaired) electrons. The van der Waals surface area contributed by atoms with E-state index in [-0.39, 0.29) is 12.1 Å². The summed E-state index contributed by atoms with van der Waals surface area (Å²) in [7, 11) is 4.06. The molecule has 0 aromatic carbocycles. The molecule has 1 aliphatic rings. The van der Waals surface area contributed by atoms with Gasteiger partial charge in [0, 0.05) is 32.2 Å². The summed E-state index contributed by atoms with van der Waals surface area (Å²) in [4.78, 5) is 16.1. The molecule has 0 spiro atoms. The average Bonchev–Trinajstić information content (AvgIpc) is 2.66. The zero-order valence-corrected chi connectivity index (χ0v) is 15.3. The Morgan fingerprint density at radius 3 is 2.74 bits per heavy atom. The van der Waals surface area contributed by atoms with Gasteiger partial charge in [0.05, 0.1) is 13.2 Å². The first-order valence-electron chi connectivity index (χ1n) is 8.38. The molecule has 0 aliphatic carbocycles. The SMILES string of the molecule is CN(C)CCOCCNC1C=CCCN(C(=O)OC(C)(C)C)C1. The molecular formula is C17H33N3O3. The Morgan fingerprint density at radius 1 is 1.35 bits per heavy atom. The lowest BCUT2D eigenvalue weighted by molar-refractivity contribution is 0.0246. The monoisotopic (exact) mass is 327 g/mol. The number of amides is 1. The summed E-state index contributed by atoms with van der Waals surface area (Å²) < 4.78 is 11.0. The van der Waals surface area contributed by atoms with Crippen molar-refractivity contribution in [3.05, 3.63) is 12.2 Å². The lowest BCUT2D eigenvalue weighted by atomic mass is 10.2. The predicted octanol–water partition coefficient (Wildman–Crippen LogP) is 1.72. The van der Waals surface area contributed by atoms with Crippen LogP contribution in [-0.4, -0.2) is 81.0 Å². The molecular weight excluding hydrogens is 294 g/mol. The molecule has 0 aromatic heterocycles. The van der Waals surface area contributed by atoms with E-state index in [2.05, 4.69) is 22.4 Å². The van der Waals surface area contributed by atoms with Gasteiger partial charge >= 0.3 is 6.09 Å². The number of hydrogen-bond acceptors (Lipinski definition) is 5. The maximum absolute atomic E-state index is 12.2. The van der Waals surface area contributed by atoms with E-state index >= 15 is 0 Å². The van der Waals surface area contributed by atoms with E-state index in [4.69, 9.17) is 9.47 Å². The van der Waals surface area contributed by atoms with Crippen molar-refractivity contribution in [1.82, 2.24) is 15.1 Å². The minimum absolute atomic E-state index is 0.141. The smallest absolute Gasteiger partial charge is 0.410 e. The molecule has 1 unspecified atom stereocenters. The molecule has 0 saturated carbocycles. The van der Waals surface area contributed by atoms with Crippen LogP contribution in [0, 0.1) is 0 Å². The van der Waals surface area contributed by atoms with Crippen molar-refractivity contribution in [1.29, 1.82) is 0 Å². The van der Waals surface area contributed by atoms with Crippen molar-refractivity contribution < 1.29 is 14.3 Å². The minimum atomic E-state index is -0.458. The van der Waals surface area contributed by atoms with Gasteiger partial charge < -0.3 is 24.6 Å². The summed E-state index contributed by atoms with van der Waals surface area (Å²) in [5.74, 6) is 0. The fourth-order valence-electron chi connectivity index (χ4n) is 2.17. The highest BCUT2D eigenvalue weighted by Crippen LogP contribution is 2.12. The van der Waals surface area contributed by atoms with Crippen molar-refractivity contribution in [2.45, 2.75) is 38.8 Å². The number of carbonyl (C=O) groups is 1. The molecule has 0 fully saturated rings. The Morgan fingerprint density at radius 2 is 2.09 bits per heavy atom. The molecule has 6 heteroatoms. The molecule has 1 amide bonds. The third-order valence-electron chi connectivity index (χ3n) is 3.34. The van der Waals surface area contributed by atoms with Crippen molar-refractivity contribution in [3.8, 4) is 0 Å². The van der Waals surface area contributed by atoms with E-state index in [0.29, 0.717) is 19.7 Å². The van der Waals surface area contributed by atoms with Crippen LogP contribution in [0.4, 0.5) is 4.79 Å². The van der Waals surface area contributed by atoms with Crippen molar-refractivity contribution in [3.63, 3.8) is 0 Å². The molecule has 23 heavy (non-hydrogen) atoms. The number of hydrogen-bond donors (Lipinski definition) is 1. The van der Waals surface area contributed by atoms with Crippen molar-refractivity contribution in [2.24, 2.45) is 0 Å². The van der Waals surface area contributed by atoms with E-state index in [1.54, 1.807) is 4.90 Å². The molecule has 134 valence electrons. The number of ether oxygens (including phenoxy) is 2. The highest BCUT2D eigenvalue weighted by molar-refractivity contribution is 5.68. The van der Waals surface area contributed by atoms with Gasteiger partial charge in [-0.1, -0.05) is 12.2 Å². The number of carbonyl (C=O) groups excluding carboxylic acids is 1. The third-order valence-corrected chi connectivity index (χ3v) is 3.34. The van der Waals surface area contributed by atoms with Crippen LogP contribution < -0.4 is 5.32 Å². The Kier molecular flexibility index (Phi) is 8.58. The van der Waals surface area contributed by atoms with Crippen LogP contribution in [0.25, 0.3) is 0 Å². The summed E-state index contributed by atoms with van der Waals surface area (Å²) in [6, 6.07) is 0.141. The van der Waals surface area contributed by atoms with Crippen LogP contribution in [-0.2, 0) is 9.47 Å². The predicted molar refractivity (Wildman–Crippen MR) is 92.7 cm³/mol. The zero-order valence-electron chi connectivity index (χ0n) is 15.3. The van der Waals surface area contributed by atoms with Gasteiger partial charge in [0.25, 0.3) is 0 Å². The summed E-state index contributed by atoms with van der Waals surface area (Å²) >= 11 is 0. The summed E-state index contributed by atoms with van der Waals surface area (Å²) in [6.45, 7) is 10.1. The van der Waals surface area contributed by atoms with Gasteiger partial charge in [-0.05, 0) is 41.3 Å². The number of rotatable bonds is 7. The van der Waals surface area contributed by atoms with Crippen LogP contribution in [0.3, 0.4) is 0 Å². The van der Waals surface area contributed by atoms with Gasteiger partial charge in [-0.2, -0.15) is 0 Å². The van der Waals surface area contributed by atoms with Crippen LogP contribution in [0.1, 0.15) is 27.2 Å². The quantitative estimate of drug-likeness (QED) is 0.570. The van der Waals surface area contributed by atoms with Crippen molar-refractivity contribution >= 4 is 6.09 Å². The fraction of sp³-hybridized carbons (Fsp3) is 0.824. The fourth-order valence-corrected chi connectivity index (χ4v) is 2.17. The summed E-state index contributed by atoms with van der Waals surface area (Å²) in [6.07, 6.45) is 4.87. The van der Waals surface area contributed by atoms with E-state index in [1.165, 1.54) is 0 Å². The second kappa shape index (κ2) is 9.90. The van der Waals surface area contributed by atoms with E-state index < -0.39 is 5.60 Å². The van der Waals surface area contributed by atoms with Gasteiger partial charge in [-0.15, -0.1) is 0 Å². The van der Waals surface area contributed by atoms with Crippen LogP contribution >= 0.6 is 0 Å². The highest BCUT2D eigenvalue weighted by Gasteiger charge is 2.24. The Labute approximate surface area is 140 Å². The van der Waals surface area contributed by atoms with Crippen LogP contribution in [0.5, 0.6) is 0 Å². The lowest BCUT2D eigenvalue weighted by Crippen LogP contribution is -2.45. The Hall–Kier alpha value is -1.11. The zero-order chi connectivity index (χ0) is 17.3. The van der Waals surface area contributed by atoms with E-state index in [1.807, 2.05) is 34.9 Å². The molecule has 1 N–H and O–H groups in total. The third kappa shape index (κ3) is 9.58. The van der Waals surface area contributed by atoms with Gasteiger partial charge in [-0.25, -0.2) is 4.79 Å². The first-order valence-corrected chi connectivity index (χ1v) is 8.38. The molecule has 6 nitrogen and oxygen atoms in total. The standard InChI is InChI=1S/C17H33N3O3/c1-17(2,3)23-16(21)20-10-7-6-8-15(14-20)18-9-12-22-13-11-19(4)5/h6,8,15,18H,7,9-14H2,1-5H3. The molecule has 1 aliphatic heterocycles. The normalized spacial score (nSPS) is 19.0. The molecule has 1 heterocycles. The molecule has 1 rings (SSSR count). The van der Waals surface area contributed by atoms with Gasteiger partial charge in [0.1, 0.15) is 5.60 Å². The Balaban J connectivity index is 2.30. The maximum Gasteiger partial charge on any atom is 0.410 e. The van der Waals surface area contributed by atoms with Gasteiger partial charge in [0.2, 0.25) is 0 Å².